The quantitative estimate of drug-likeness (QED) is 0.770. The molecule has 0 aromatic carbocycles. The SMILES string of the molecule is CSc1nccnc1CN1CC[C@H](O)C1. The minimum atomic E-state index is -0.167. The van der Waals surface area contributed by atoms with Gasteiger partial charge in [-0.05, 0) is 12.7 Å². The molecule has 1 aromatic heterocycles. The van der Waals surface area contributed by atoms with Crippen molar-refractivity contribution in [3.8, 4) is 0 Å². The summed E-state index contributed by atoms with van der Waals surface area (Å²) in [5.41, 5.74) is 1.01. The Morgan fingerprint density at radius 3 is 3.00 bits per heavy atom. The molecule has 1 aromatic rings. The van der Waals surface area contributed by atoms with Crippen LogP contribution in [0.3, 0.4) is 0 Å². The first kappa shape index (κ1) is 10.9. The summed E-state index contributed by atoms with van der Waals surface area (Å²) < 4.78 is 0. The zero-order valence-corrected chi connectivity index (χ0v) is 9.57. The maximum Gasteiger partial charge on any atom is 0.119 e. The van der Waals surface area contributed by atoms with E-state index >= 15 is 0 Å². The average molecular weight is 225 g/mol. The van der Waals surface area contributed by atoms with Gasteiger partial charge in [0.1, 0.15) is 5.03 Å². The molecule has 0 spiro atoms. The average Bonchev–Trinajstić information content (AvgIpc) is 2.65. The molecule has 0 bridgehead atoms. The molecule has 1 aliphatic heterocycles. The number of aliphatic hydroxyl groups is 1. The second-order valence-electron chi connectivity index (χ2n) is 3.69. The van der Waals surface area contributed by atoms with E-state index in [2.05, 4.69) is 14.9 Å². The van der Waals surface area contributed by atoms with Crippen molar-refractivity contribution in [2.24, 2.45) is 0 Å². The van der Waals surface area contributed by atoms with Crippen LogP contribution in [0, 0.1) is 0 Å². The van der Waals surface area contributed by atoms with Crippen molar-refractivity contribution in [1.82, 2.24) is 14.9 Å². The lowest BCUT2D eigenvalue weighted by atomic mass is 10.3. The van der Waals surface area contributed by atoms with E-state index in [1.807, 2.05) is 6.26 Å². The highest BCUT2D eigenvalue weighted by Gasteiger charge is 2.21. The van der Waals surface area contributed by atoms with Gasteiger partial charge >= 0.3 is 0 Å². The Morgan fingerprint density at radius 2 is 2.33 bits per heavy atom. The Hall–Kier alpha value is -0.650. The molecule has 0 saturated carbocycles. The van der Waals surface area contributed by atoms with Crippen LogP contribution in [-0.4, -0.2) is 45.4 Å². The fourth-order valence-corrected chi connectivity index (χ4v) is 2.32. The van der Waals surface area contributed by atoms with Crippen LogP contribution in [0.15, 0.2) is 17.4 Å². The van der Waals surface area contributed by atoms with Crippen LogP contribution in [0.5, 0.6) is 0 Å². The largest absolute Gasteiger partial charge is 0.392 e. The van der Waals surface area contributed by atoms with E-state index < -0.39 is 0 Å². The number of hydrogen-bond donors (Lipinski definition) is 1. The molecule has 82 valence electrons. The maximum atomic E-state index is 9.42. The molecule has 1 N–H and O–H groups in total. The van der Waals surface area contributed by atoms with Crippen LogP contribution in [0.25, 0.3) is 0 Å². The molecule has 1 saturated heterocycles. The number of rotatable bonds is 3. The number of nitrogens with zero attached hydrogens (tertiary/aromatic N) is 3. The first-order valence-electron chi connectivity index (χ1n) is 5.04. The van der Waals surface area contributed by atoms with Gasteiger partial charge in [-0.25, -0.2) is 4.98 Å². The van der Waals surface area contributed by atoms with Crippen LogP contribution in [0.1, 0.15) is 12.1 Å². The Morgan fingerprint density at radius 1 is 1.53 bits per heavy atom. The van der Waals surface area contributed by atoms with Gasteiger partial charge in [0.25, 0.3) is 0 Å². The minimum Gasteiger partial charge on any atom is -0.392 e. The number of aromatic nitrogens is 2. The van der Waals surface area contributed by atoms with Crippen molar-refractivity contribution >= 4 is 11.8 Å². The van der Waals surface area contributed by atoms with Gasteiger partial charge in [-0.1, -0.05) is 0 Å². The van der Waals surface area contributed by atoms with Gasteiger partial charge in [-0.3, -0.25) is 9.88 Å². The van der Waals surface area contributed by atoms with E-state index in [1.54, 1.807) is 24.2 Å². The summed E-state index contributed by atoms with van der Waals surface area (Å²) in [5.74, 6) is 0. The Balaban J connectivity index is 2.04. The molecule has 1 atom stereocenters. The van der Waals surface area contributed by atoms with Crippen LogP contribution >= 0.6 is 11.8 Å². The Bertz CT molecular complexity index is 334. The summed E-state index contributed by atoms with van der Waals surface area (Å²) in [5, 5.41) is 10.4. The van der Waals surface area contributed by atoms with Crippen molar-refractivity contribution in [3.05, 3.63) is 18.1 Å². The normalized spacial score (nSPS) is 22.1. The van der Waals surface area contributed by atoms with Crippen molar-refractivity contribution < 1.29 is 5.11 Å². The van der Waals surface area contributed by atoms with Crippen LogP contribution < -0.4 is 0 Å². The molecule has 15 heavy (non-hydrogen) atoms. The van der Waals surface area contributed by atoms with Gasteiger partial charge in [0.15, 0.2) is 0 Å². The van der Waals surface area contributed by atoms with E-state index in [0.29, 0.717) is 0 Å². The second-order valence-corrected chi connectivity index (χ2v) is 4.48. The fraction of sp³-hybridized carbons (Fsp3) is 0.600. The summed E-state index contributed by atoms with van der Waals surface area (Å²) in [7, 11) is 0. The first-order chi connectivity index (χ1) is 7.29. The van der Waals surface area contributed by atoms with E-state index in [1.165, 1.54) is 0 Å². The third-order valence-corrected chi connectivity index (χ3v) is 3.28. The molecular formula is C10H15N3OS. The highest BCUT2D eigenvalue weighted by atomic mass is 32.2. The molecule has 4 nitrogen and oxygen atoms in total. The van der Waals surface area contributed by atoms with Gasteiger partial charge in [-0.2, -0.15) is 0 Å². The topological polar surface area (TPSA) is 49.2 Å². The van der Waals surface area contributed by atoms with E-state index in [9.17, 15) is 5.11 Å². The highest BCUT2D eigenvalue weighted by Crippen LogP contribution is 2.18. The zero-order chi connectivity index (χ0) is 10.7. The molecular weight excluding hydrogens is 210 g/mol. The van der Waals surface area contributed by atoms with Gasteiger partial charge in [0, 0.05) is 32.0 Å². The summed E-state index contributed by atoms with van der Waals surface area (Å²) in [6.07, 6.45) is 6.15. The number of aliphatic hydroxyl groups excluding tert-OH is 1. The molecule has 2 heterocycles. The van der Waals surface area contributed by atoms with E-state index in [-0.39, 0.29) is 6.10 Å². The second kappa shape index (κ2) is 4.92. The molecule has 0 amide bonds. The standard InChI is InChI=1S/C10H15N3OS/c1-15-10-9(11-3-4-12-10)7-13-5-2-8(14)6-13/h3-4,8,14H,2,5-7H2,1H3/t8-/m0/s1. The summed E-state index contributed by atoms with van der Waals surface area (Å²) >= 11 is 1.62. The molecule has 1 fully saturated rings. The van der Waals surface area contributed by atoms with E-state index in [0.717, 1.165) is 36.8 Å². The van der Waals surface area contributed by atoms with Crippen molar-refractivity contribution in [3.63, 3.8) is 0 Å². The molecule has 1 aliphatic rings. The van der Waals surface area contributed by atoms with E-state index in [4.69, 9.17) is 0 Å². The molecule has 5 heteroatoms. The predicted molar refractivity (Wildman–Crippen MR) is 59.7 cm³/mol. The van der Waals surface area contributed by atoms with Gasteiger partial charge in [-0.15, -0.1) is 11.8 Å². The van der Waals surface area contributed by atoms with Crippen LogP contribution in [-0.2, 0) is 6.54 Å². The lowest BCUT2D eigenvalue weighted by Gasteiger charge is -2.15. The third kappa shape index (κ3) is 2.68. The van der Waals surface area contributed by atoms with Gasteiger partial charge < -0.3 is 5.11 Å². The fourth-order valence-electron chi connectivity index (χ4n) is 1.80. The number of hydrogen-bond acceptors (Lipinski definition) is 5. The molecule has 0 aliphatic carbocycles. The molecule has 0 unspecified atom stereocenters. The highest BCUT2D eigenvalue weighted by molar-refractivity contribution is 7.98. The lowest BCUT2D eigenvalue weighted by Crippen LogP contribution is -2.22. The summed E-state index contributed by atoms with van der Waals surface area (Å²) in [4.78, 5) is 10.8. The lowest BCUT2D eigenvalue weighted by molar-refractivity contribution is 0.174. The summed E-state index contributed by atoms with van der Waals surface area (Å²) in [6.45, 7) is 2.50. The number of thioether (sulfide) groups is 1. The van der Waals surface area contributed by atoms with Crippen molar-refractivity contribution in [2.45, 2.75) is 24.1 Å². The van der Waals surface area contributed by atoms with Gasteiger partial charge in [0.05, 0.1) is 11.8 Å². The molecule has 2 rings (SSSR count). The third-order valence-electron chi connectivity index (χ3n) is 2.55. The maximum absolute atomic E-state index is 9.42. The monoisotopic (exact) mass is 225 g/mol. The van der Waals surface area contributed by atoms with Crippen LogP contribution in [0.2, 0.25) is 0 Å². The van der Waals surface area contributed by atoms with Gasteiger partial charge in [0.2, 0.25) is 0 Å². The van der Waals surface area contributed by atoms with Crippen molar-refractivity contribution in [2.75, 3.05) is 19.3 Å². The number of likely N-dealkylation sites (tertiary alicyclic amines) is 1. The summed E-state index contributed by atoms with van der Waals surface area (Å²) in [6, 6.07) is 0. The zero-order valence-electron chi connectivity index (χ0n) is 8.76. The predicted octanol–water partition coefficient (Wildman–Crippen LogP) is 0.765. The number of β-amino-alcohol motifs (C(OH)–C–C–N with tert-alkyl or cyclic N) is 1. The Kier molecular flexibility index (Phi) is 3.56. The minimum absolute atomic E-state index is 0.167. The first-order valence-corrected chi connectivity index (χ1v) is 6.26. The van der Waals surface area contributed by atoms with Crippen LogP contribution in [0.4, 0.5) is 0 Å². The molecule has 0 radical (unpaired) electrons. The van der Waals surface area contributed by atoms with Crippen molar-refractivity contribution in [1.29, 1.82) is 0 Å². The smallest absolute Gasteiger partial charge is 0.119 e. The Labute approximate surface area is 93.7 Å².